The summed E-state index contributed by atoms with van der Waals surface area (Å²) in [5.74, 6) is 6.48. The van der Waals surface area contributed by atoms with Crippen LogP contribution < -0.4 is 11.3 Å². The van der Waals surface area contributed by atoms with Crippen LogP contribution >= 0.6 is 0 Å². The number of ether oxygens (including phenoxy) is 1. The smallest absolute Gasteiger partial charge is 0.208 e. The van der Waals surface area contributed by atoms with Crippen LogP contribution in [0, 0.1) is 0 Å². The van der Waals surface area contributed by atoms with Gasteiger partial charge in [0, 0.05) is 13.1 Å². The van der Waals surface area contributed by atoms with E-state index in [-0.39, 0.29) is 11.7 Å². The fraction of sp³-hybridized carbons (Fsp3) is 0.923. The first-order valence-corrected chi connectivity index (χ1v) is 6.97. The van der Waals surface area contributed by atoms with Crippen molar-refractivity contribution < 1.29 is 4.74 Å². The van der Waals surface area contributed by atoms with Crippen LogP contribution in [0.1, 0.15) is 46.5 Å². The second-order valence-corrected chi connectivity index (χ2v) is 6.10. The Labute approximate surface area is 110 Å². The molecule has 3 N–H and O–H groups in total. The molecular weight excluding hydrogens is 228 g/mol. The Bertz CT molecular complexity index is 310. The Kier molecular flexibility index (Phi) is 4.12. The zero-order valence-corrected chi connectivity index (χ0v) is 11.8. The van der Waals surface area contributed by atoms with Gasteiger partial charge in [-0.2, -0.15) is 0 Å². The van der Waals surface area contributed by atoms with E-state index in [1.54, 1.807) is 0 Å². The topological polar surface area (TPSA) is 62.9 Å². The van der Waals surface area contributed by atoms with Crippen LogP contribution in [0.4, 0.5) is 0 Å². The number of morpholine rings is 1. The molecule has 1 aliphatic carbocycles. The van der Waals surface area contributed by atoms with Crippen molar-refractivity contribution in [2.45, 2.75) is 64.2 Å². The molecule has 2 fully saturated rings. The zero-order chi connectivity index (χ0) is 13.2. The van der Waals surface area contributed by atoms with Gasteiger partial charge in [-0.1, -0.05) is 12.8 Å². The number of aliphatic imine (C=N–C) groups is 1. The van der Waals surface area contributed by atoms with Gasteiger partial charge < -0.3 is 9.64 Å². The lowest BCUT2D eigenvalue weighted by Crippen LogP contribution is -2.58. The maximum Gasteiger partial charge on any atom is 0.208 e. The summed E-state index contributed by atoms with van der Waals surface area (Å²) in [6.07, 6.45) is 5.16. The van der Waals surface area contributed by atoms with Gasteiger partial charge in [0.2, 0.25) is 5.96 Å². The van der Waals surface area contributed by atoms with Gasteiger partial charge in [-0.15, -0.1) is 0 Å². The Morgan fingerprint density at radius 2 is 2.06 bits per heavy atom. The summed E-state index contributed by atoms with van der Waals surface area (Å²) in [5, 5.41) is 0. The molecule has 2 aliphatic rings. The van der Waals surface area contributed by atoms with Crippen LogP contribution in [0.15, 0.2) is 4.99 Å². The van der Waals surface area contributed by atoms with Gasteiger partial charge in [-0.05, 0) is 33.6 Å². The van der Waals surface area contributed by atoms with E-state index < -0.39 is 0 Å². The number of guanidine groups is 1. The maximum atomic E-state index is 5.90. The molecule has 0 aromatic heterocycles. The van der Waals surface area contributed by atoms with E-state index in [0.717, 1.165) is 19.0 Å². The highest BCUT2D eigenvalue weighted by molar-refractivity contribution is 5.79. The molecule has 0 amide bonds. The minimum atomic E-state index is -0.148. The number of nitrogens with zero attached hydrogens (tertiary/aromatic N) is 2. The van der Waals surface area contributed by atoms with Crippen molar-refractivity contribution in [2.24, 2.45) is 10.8 Å². The van der Waals surface area contributed by atoms with Crippen LogP contribution in [-0.2, 0) is 4.74 Å². The summed E-state index contributed by atoms with van der Waals surface area (Å²) in [4.78, 5) is 6.98. The summed E-state index contributed by atoms with van der Waals surface area (Å²) < 4.78 is 5.90. The number of nitrogens with two attached hydrogens (primary N) is 1. The lowest BCUT2D eigenvalue weighted by molar-refractivity contribution is -0.113. The lowest BCUT2D eigenvalue weighted by atomic mass is 10.1. The van der Waals surface area contributed by atoms with E-state index in [2.05, 4.69) is 31.1 Å². The van der Waals surface area contributed by atoms with Crippen LogP contribution in [0.25, 0.3) is 0 Å². The predicted octanol–water partition coefficient (Wildman–Crippen LogP) is 1.25. The first kappa shape index (κ1) is 13.6. The molecule has 0 spiro atoms. The fourth-order valence-corrected chi connectivity index (χ4v) is 3.03. The summed E-state index contributed by atoms with van der Waals surface area (Å²) in [6, 6.07) is 0.442. The van der Waals surface area contributed by atoms with Crippen molar-refractivity contribution >= 4 is 5.96 Å². The number of hydrogen-bond acceptors (Lipinski definition) is 3. The third-order valence-corrected chi connectivity index (χ3v) is 3.63. The highest BCUT2D eigenvalue weighted by Gasteiger charge is 2.33. The van der Waals surface area contributed by atoms with Crippen molar-refractivity contribution in [3.63, 3.8) is 0 Å². The molecule has 1 atom stereocenters. The largest absolute Gasteiger partial charge is 0.369 e. The number of hydrazine groups is 1. The SMILES string of the molecule is CC1CN(C(=NC2CCCC2)NN)CC(C)(C)O1. The maximum absolute atomic E-state index is 5.90. The van der Waals surface area contributed by atoms with Crippen LogP contribution in [0.2, 0.25) is 0 Å². The molecule has 1 unspecified atom stereocenters. The summed E-state index contributed by atoms with van der Waals surface area (Å²) >= 11 is 0. The fourth-order valence-electron chi connectivity index (χ4n) is 3.03. The molecule has 0 bridgehead atoms. The number of hydrogen-bond donors (Lipinski definition) is 2. The standard InChI is InChI=1S/C13H26N4O/c1-10-8-17(9-13(2,3)18-10)12(16-14)15-11-6-4-5-7-11/h10-11H,4-9,14H2,1-3H3,(H,15,16). The molecule has 0 aromatic carbocycles. The molecule has 104 valence electrons. The van der Waals surface area contributed by atoms with E-state index >= 15 is 0 Å². The molecule has 2 rings (SSSR count). The zero-order valence-electron chi connectivity index (χ0n) is 11.8. The van der Waals surface area contributed by atoms with Crippen molar-refractivity contribution in [3.05, 3.63) is 0 Å². The van der Waals surface area contributed by atoms with Gasteiger partial charge in [0.15, 0.2) is 0 Å². The molecule has 18 heavy (non-hydrogen) atoms. The minimum absolute atomic E-state index is 0.148. The lowest BCUT2D eigenvalue weighted by Gasteiger charge is -2.42. The van der Waals surface area contributed by atoms with Crippen LogP contribution in [-0.4, -0.2) is 41.7 Å². The van der Waals surface area contributed by atoms with Gasteiger partial charge in [0.05, 0.1) is 17.7 Å². The number of nitrogens with one attached hydrogen (secondary N) is 1. The Morgan fingerprint density at radius 1 is 1.39 bits per heavy atom. The summed E-state index contributed by atoms with van der Waals surface area (Å²) in [6.45, 7) is 7.99. The first-order valence-electron chi connectivity index (χ1n) is 6.97. The van der Waals surface area contributed by atoms with Gasteiger partial charge in [-0.3, -0.25) is 5.43 Å². The molecule has 0 radical (unpaired) electrons. The molecule has 1 saturated carbocycles. The second-order valence-electron chi connectivity index (χ2n) is 6.10. The highest BCUT2D eigenvalue weighted by Crippen LogP contribution is 2.23. The minimum Gasteiger partial charge on any atom is -0.369 e. The van der Waals surface area contributed by atoms with E-state index in [4.69, 9.17) is 15.6 Å². The van der Waals surface area contributed by atoms with Crippen LogP contribution in [0.3, 0.4) is 0 Å². The molecular formula is C13H26N4O. The van der Waals surface area contributed by atoms with Gasteiger partial charge >= 0.3 is 0 Å². The van der Waals surface area contributed by atoms with E-state index in [1.165, 1.54) is 25.7 Å². The monoisotopic (exact) mass is 254 g/mol. The first-order chi connectivity index (χ1) is 8.50. The van der Waals surface area contributed by atoms with E-state index in [1.807, 2.05) is 0 Å². The molecule has 1 aliphatic heterocycles. The number of rotatable bonds is 1. The van der Waals surface area contributed by atoms with Crippen molar-refractivity contribution in [1.29, 1.82) is 0 Å². The predicted molar refractivity (Wildman–Crippen MR) is 73.2 cm³/mol. The third kappa shape index (κ3) is 3.36. The Balaban J connectivity index is 2.06. The molecule has 0 aromatic rings. The van der Waals surface area contributed by atoms with Gasteiger partial charge in [0.25, 0.3) is 0 Å². The van der Waals surface area contributed by atoms with Gasteiger partial charge in [0.1, 0.15) is 0 Å². The normalized spacial score (nSPS) is 29.7. The Hall–Kier alpha value is -0.810. The average molecular weight is 254 g/mol. The molecule has 1 heterocycles. The average Bonchev–Trinajstić information content (AvgIpc) is 2.75. The molecule has 5 nitrogen and oxygen atoms in total. The molecule has 1 saturated heterocycles. The van der Waals surface area contributed by atoms with Crippen LogP contribution in [0.5, 0.6) is 0 Å². The van der Waals surface area contributed by atoms with Crippen molar-refractivity contribution in [1.82, 2.24) is 10.3 Å². The summed E-state index contributed by atoms with van der Waals surface area (Å²) in [5.41, 5.74) is 2.63. The van der Waals surface area contributed by atoms with E-state index in [9.17, 15) is 0 Å². The molecule has 5 heteroatoms. The van der Waals surface area contributed by atoms with Crippen molar-refractivity contribution in [3.8, 4) is 0 Å². The Morgan fingerprint density at radius 3 is 2.61 bits per heavy atom. The van der Waals surface area contributed by atoms with Crippen molar-refractivity contribution in [2.75, 3.05) is 13.1 Å². The van der Waals surface area contributed by atoms with Gasteiger partial charge in [-0.25, -0.2) is 10.8 Å². The third-order valence-electron chi connectivity index (χ3n) is 3.63. The highest BCUT2D eigenvalue weighted by atomic mass is 16.5. The second kappa shape index (κ2) is 5.45. The van der Waals surface area contributed by atoms with E-state index in [0.29, 0.717) is 6.04 Å². The summed E-state index contributed by atoms with van der Waals surface area (Å²) in [7, 11) is 0. The quantitative estimate of drug-likeness (QED) is 0.320.